The normalized spacial score (nSPS) is 11.3. The lowest BCUT2D eigenvalue weighted by molar-refractivity contribution is -0.383. The SMILES string of the molecule is CN(CCCNC(=O)c1ccc(Nc2ccccc2)c([N+](=O)[O-])c1)CC(F)(F)F. The van der Waals surface area contributed by atoms with Gasteiger partial charge in [-0.05, 0) is 44.3 Å². The Morgan fingerprint density at radius 2 is 1.86 bits per heavy atom. The van der Waals surface area contributed by atoms with Crippen molar-refractivity contribution in [2.45, 2.75) is 12.6 Å². The van der Waals surface area contributed by atoms with Crippen molar-refractivity contribution in [2.75, 3.05) is 32.0 Å². The van der Waals surface area contributed by atoms with E-state index in [9.17, 15) is 28.1 Å². The molecule has 0 radical (unpaired) electrons. The molecule has 0 bridgehead atoms. The van der Waals surface area contributed by atoms with Crippen LogP contribution in [0.2, 0.25) is 0 Å². The lowest BCUT2D eigenvalue weighted by atomic mass is 10.1. The zero-order chi connectivity index (χ0) is 21.4. The molecule has 0 saturated heterocycles. The number of alkyl halides is 3. The molecule has 0 aromatic heterocycles. The first-order valence-corrected chi connectivity index (χ1v) is 8.80. The monoisotopic (exact) mass is 410 g/mol. The molecule has 2 aromatic carbocycles. The summed E-state index contributed by atoms with van der Waals surface area (Å²) in [5.74, 6) is -0.530. The van der Waals surface area contributed by atoms with Gasteiger partial charge in [0.25, 0.3) is 11.6 Å². The molecule has 0 fully saturated rings. The highest BCUT2D eigenvalue weighted by atomic mass is 19.4. The van der Waals surface area contributed by atoms with E-state index in [0.717, 1.165) is 11.0 Å². The molecule has 0 unspecified atom stereocenters. The smallest absolute Gasteiger partial charge is 0.352 e. The van der Waals surface area contributed by atoms with E-state index in [4.69, 9.17) is 0 Å². The van der Waals surface area contributed by atoms with Crippen LogP contribution >= 0.6 is 0 Å². The van der Waals surface area contributed by atoms with Crippen LogP contribution in [-0.2, 0) is 0 Å². The number of amides is 1. The minimum Gasteiger partial charge on any atom is -0.352 e. The summed E-state index contributed by atoms with van der Waals surface area (Å²) in [7, 11) is 1.34. The second-order valence-corrected chi connectivity index (χ2v) is 6.44. The quantitative estimate of drug-likeness (QED) is 0.371. The van der Waals surface area contributed by atoms with Crippen LogP contribution in [-0.4, -0.2) is 48.6 Å². The first-order valence-electron chi connectivity index (χ1n) is 8.80. The average Bonchev–Trinajstić information content (AvgIpc) is 2.64. The van der Waals surface area contributed by atoms with Crippen molar-refractivity contribution in [1.82, 2.24) is 10.2 Å². The van der Waals surface area contributed by atoms with Crippen molar-refractivity contribution in [3.05, 3.63) is 64.2 Å². The third kappa shape index (κ3) is 7.41. The number of para-hydroxylation sites is 1. The average molecular weight is 410 g/mol. The summed E-state index contributed by atoms with van der Waals surface area (Å²) in [4.78, 5) is 24.1. The Hall–Kier alpha value is -3.14. The highest BCUT2D eigenvalue weighted by Crippen LogP contribution is 2.28. The Balaban J connectivity index is 1.95. The fourth-order valence-corrected chi connectivity index (χ4v) is 2.64. The maximum atomic E-state index is 12.3. The molecule has 0 atom stereocenters. The summed E-state index contributed by atoms with van der Waals surface area (Å²) >= 11 is 0. The van der Waals surface area contributed by atoms with Crippen molar-refractivity contribution in [3.63, 3.8) is 0 Å². The van der Waals surface area contributed by atoms with Gasteiger partial charge in [-0.15, -0.1) is 0 Å². The summed E-state index contributed by atoms with van der Waals surface area (Å²) in [5, 5.41) is 16.9. The number of benzene rings is 2. The van der Waals surface area contributed by atoms with E-state index in [-0.39, 0.29) is 30.0 Å². The summed E-state index contributed by atoms with van der Waals surface area (Å²) in [5.41, 5.74) is 0.743. The van der Waals surface area contributed by atoms with Crippen LogP contribution < -0.4 is 10.6 Å². The predicted octanol–water partition coefficient (Wildman–Crippen LogP) is 3.95. The number of nitrogens with zero attached hydrogens (tertiary/aromatic N) is 2. The Bertz CT molecular complexity index is 844. The lowest BCUT2D eigenvalue weighted by Crippen LogP contribution is -2.33. The molecule has 156 valence electrons. The zero-order valence-corrected chi connectivity index (χ0v) is 15.7. The molecule has 0 aliphatic heterocycles. The van der Waals surface area contributed by atoms with Crippen molar-refractivity contribution < 1.29 is 22.9 Å². The highest BCUT2D eigenvalue weighted by molar-refractivity contribution is 5.95. The Kier molecular flexibility index (Phi) is 7.54. The second kappa shape index (κ2) is 9.87. The van der Waals surface area contributed by atoms with Crippen molar-refractivity contribution in [2.24, 2.45) is 0 Å². The standard InChI is InChI=1S/C19H21F3N4O3/c1-25(13-19(20,21)22)11-5-10-23-18(27)14-8-9-16(17(12-14)26(28)29)24-15-6-3-2-4-7-15/h2-4,6-9,12,24H,5,10-11,13H2,1H3,(H,23,27). The van der Waals surface area contributed by atoms with Crippen LogP contribution in [0.1, 0.15) is 16.8 Å². The first-order chi connectivity index (χ1) is 13.7. The van der Waals surface area contributed by atoms with Gasteiger partial charge in [-0.1, -0.05) is 18.2 Å². The molecule has 0 spiro atoms. The molecular formula is C19H21F3N4O3. The van der Waals surface area contributed by atoms with Crippen LogP contribution in [0.25, 0.3) is 0 Å². The number of nitrogens with one attached hydrogen (secondary N) is 2. The van der Waals surface area contributed by atoms with Crippen LogP contribution in [0, 0.1) is 10.1 Å². The van der Waals surface area contributed by atoms with E-state index < -0.39 is 23.6 Å². The largest absolute Gasteiger partial charge is 0.401 e. The molecular weight excluding hydrogens is 389 g/mol. The van der Waals surface area contributed by atoms with Gasteiger partial charge in [-0.25, -0.2) is 0 Å². The number of carbonyl (C=O) groups is 1. The molecule has 0 heterocycles. The van der Waals surface area contributed by atoms with Gasteiger partial charge in [-0.3, -0.25) is 19.8 Å². The van der Waals surface area contributed by atoms with E-state index in [2.05, 4.69) is 10.6 Å². The van der Waals surface area contributed by atoms with E-state index in [1.54, 1.807) is 24.3 Å². The minimum absolute atomic E-state index is 0.0963. The number of carbonyl (C=O) groups excluding carboxylic acids is 1. The third-order valence-electron chi connectivity index (χ3n) is 3.96. The molecule has 0 aliphatic carbocycles. The number of anilines is 2. The van der Waals surface area contributed by atoms with Gasteiger partial charge in [0.2, 0.25) is 0 Å². The molecule has 0 aliphatic rings. The van der Waals surface area contributed by atoms with Crippen LogP contribution in [0.5, 0.6) is 0 Å². The summed E-state index contributed by atoms with van der Waals surface area (Å²) in [6.07, 6.45) is -3.96. The van der Waals surface area contributed by atoms with Gasteiger partial charge in [0.05, 0.1) is 11.5 Å². The number of halogens is 3. The summed E-state index contributed by atoms with van der Waals surface area (Å²) in [6.45, 7) is -0.721. The number of nitro benzene ring substituents is 1. The fraction of sp³-hybridized carbons (Fsp3) is 0.316. The maximum absolute atomic E-state index is 12.3. The Morgan fingerprint density at radius 1 is 1.17 bits per heavy atom. The second-order valence-electron chi connectivity index (χ2n) is 6.44. The summed E-state index contributed by atoms with van der Waals surface area (Å²) in [6, 6.07) is 12.9. The van der Waals surface area contributed by atoms with Gasteiger partial charge >= 0.3 is 6.18 Å². The van der Waals surface area contributed by atoms with Crippen LogP contribution in [0.15, 0.2) is 48.5 Å². The number of nitro groups is 1. The lowest BCUT2D eigenvalue weighted by Gasteiger charge is -2.18. The first kappa shape index (κ1) is 22.2. The van der Waals surface area contributed by atoms with Gasteiger partial charge in [0.15, 0.2) is 0 Å². The van der Waals surface area contributed by atoms with Gasteiger partial charge in [-0.2, -0.15) is 13.2 Å². The molecule has 0 saturated carbocycles. The van der Waals surface area contributed by atoms with Crippen molar-refractivity contribution in [3.8, 4) is 0 Å². The van der Waals surface area contributed by atoms with Gasteiger partial charge < -0.3 is 10.6 Å². The molecule has 29 heavy (non-hydrogen) atoms. The molecule has 2 N–H and O–H groups in total. The maximum Gasteiger partial charge on any atom is 0.401 e. The number of rotatable bonds is 9. The Labute approximate surface area is 165 Å². The molecule has 10 heteroatoms. The number of hydrogen-bond acceptors (Lipinski definition) is 5. The third-order valence-corrected chi connectivity index (χ3v) is 3.96. The zero-order valence-electron chi connectivity index (χ0n) is 15.7. The van der Waals surface area contributed by atoms with Gasteiger partial charge in [0, 0.05) is 23.9 Å². The highest BCUT2D eigenvalue weighted by Gasteiger charge is 2.28. The van der Waals surface area contributed by atoms with Gasteiger partial charge in [0.1, 0.15) is 5.69 Å². The minimum atomic E-state index is -4.27. The van der Waals surface area contributed by atoms with E-state index in [1.165, 1.54) is 19.2 Å². The molecule has 7 nitrogen and oxygen atoms in total. The van der Waals surface area contributed by atoms with Crippen LogP contribution in [0.3, 0.4) is 0 Å². The van der Waals surface area contributed by atoms with Crippen molar-refractivity contribution in [1.29, 1.82) is 0 Å². The van der Waals surface area contributed by atoms with E-state index in [0.29, 0.717) is 12.1 Å². The summed E-state index contributed by atoms with van der Waals surface area (Å²) < 4.78 is 36.8. The topological polar surface area (TPSA) is 87.5 Å². The molecule has 2 rings (SSSR count). The van der Waals surface area contributed by atoms with Crippen LogP contribution in [0.4, 0.5) is 30.2 Å². The van der Waals surface area contributed by atoms with Crippen molar-refractivity contribution >= 4 is 23.0 Å². The number of hydrogen-bond donors (Lipinski definition) is 2. The van der Waals surface area contributed by atoms with E-state index >= 15 is 0 Å². The molecule has 2 aromatic rings. The fourth-order valence-electron chi connectivity index (χ4n) is 2.64. The Morgan fingerprint density at radius 3 is 2.48 bits per heavy atom. The molecule has 1 amide bonds. The predicted molar refractivity (Wildman–Crippen MR) is 103 cm³/mol. The van der Waals surface area contributed by atoms with E-state index in [1.807, 2.05) is 6.07 Å².